The normalized spacial score (nSPS) is 14.4. The Morgan fingerprint density at radius 3 is 2.53 bits per heavy atom. The Hall–Kier alpha value is -1.70. The maximum atomic E-state index is 4.75. The van der Waals surface area contributed by atoms with E-state index in [0.29, 0.717) is 0 Å². The molecule has 0 bridgehead atoms. The first-order valence-corrected chi connectivity index (χ1v) is 6.29. The van der Waals surface area contributed by atoms with Crippen LogP contribution in [0.25, 0.3) is 0 Å². The van der Waals surface area contributed by atoms with E-state index < -0.39 is 0 Å². The van der Waals surface area contributed by atoms with Crippen LogP contribution >= 0.6 is 0 Å². The first-order chi connectivity index (χ1) is 8.42. The third-order valence-electron chi connectivity index (χ3n) is 3.29. The second-order valence-corrected chi connectivity index (χ2v) is 4.62. The Morgan fingerprint density at radius 1 is 0.941 bits per heavy atom. The molecule has 0 saturated carbocycles. The summed E-state index contributed by atoms with van der Waals surface area (Å²) < 4.78 is 0. The van der Waals surface area contributed by atoms with Crippen molar-refractivity contribution in [2.45, 2.75) is 32.1 Å². The molecule has 2 nitrogen and oxygen atoms in total. The third kappa shape index (κ3) is 2.36. The number of nitrogens with zero attached hydrogens (tertiary/aromatic N) is 2. The molecule has 1 aliphatic rings. The molecule has 0 N–H and O–H groups in total. The van der Waals surface area contributed by atoms with Gasteiger partial charge in [-0.1, -0.05) is 30.3 Å². The summed E-state index contributed by atoms with van der Waals surface area (Å²) in [5.74, 6) is 0. The predicted octanol–water partition coefficient (Wildman–Crippen LogP) is 2.95. The summed E-state index contributed by atoms with van der Waals surface area (Å²) in [4.78, 5) is 9.30. The highest BCUT2D eigenvalue weighted by Gasteiger charge is 2.12. The quantitative estimate of drug-likeness (QED) is 0.783. The van der Waals surface area contributed by atoms with Crippen LogP contribution in [0.15, 0.2) is 36.5 Å². The van der Waals surface area contributed by atoms with Crippen molar-refractivity contribution in [1.82, 2.24) is 9.97 Å². The van der Waals surface area contributed by atoms with Gasteiger partial charge in [0.05, 0.1) is 17.1 Å². The van der Waals surface area contributed by atoms with Crippen LogP contribution in [-0.4, -0.2) is 9.97 Å². The average Bonchev–Trinajstić information content (AvgIpc) is 2.40. The lowest BCUT2D eigenvalue weighted by Crippen LogP contribution is -2.09. The lowest BCUT2D eigenvalue weighted by molar-refractivity contribution is 0.644. The van der Waals surface area contributed by atoms with Crippen molar-refractivity contribution < 1.29 is 0 Å². The Kier molecular flexibility index (Phi) is 2.87. The molecular formula is C15H16N2. The topological polar surface area (TPSA) is 25.8 Å². The van der Waals surface area contributed by atoms with Gasteiger partial charge in [-0.05, 0) is 31.2 Å². The lowest BCUT2D eigenvalue weighted by atomic mass is 10.00. The van der Waals surface area contributed by atoms with Crippen LogP contribution in [0, 0.1) is 0 Å². The van der Waals surface area contributed by atoms with Gasteiger partial charge in [0.15, 0.2) is 0 Å². The molecule has 1 aromatic heterocycles. The van der Waals surface area contributed by atoms with Crippen LogP contribution in [0.3, 0.4) is 0 Å². The molecule has 1 aliphatic carbocycles. The van der Waals surface area contributed by atoms with Crippen LogP contribution < -0.4 is 0 Å². The SMILES string of the molecule is c1ccc(Cc2cnc3c(n2)CCCC3)cc1. The van der Waals surface area contributed by atoms with Gasteiger partial charge in [0.2, 0.25) is 0 Å². The molecule has 1 heterocycles. The first kappa shape index (κ1) is 10.5. The Balaban J connectivity index is 1.84. The summed E-state index contributed by atoms with van der Waals surface area (Å²) in [5, 5.41) is 0. The highest BCUT2D eigenvalue weighted by molar-refractivity contribution is 5.23. The number of aromatic nitrogens is 2. The van der Waals surface area contributed by atoms with Crippen molar-refractivity contribution in [3.8, 4) is 0 Å². The van der Waals surface area contributed by atoms with Gasteiger partial charge in [0, 0.05) is 12.6 Å². The van der Waals surface area contributed by atoms with E-state index >= 15 is 0 Å². The second kappa shape index (κ2) is 4.66. The Bertz CT molecular complexity index is 506. The number of aryl methyl sites for hydroxylation is 2. The van der Waals surface area contributed by atoms with E-state index in [-0.39, 0.29) is 0 Å². The molecule has 0 saturated heterocycles. The minimum Gasteiger partial charge on any atom is -0.257 e. The number of benzene rings is 1. The van der Waals surface area contributed by atoms with Gasteiger partial charge in [-0.25, -0.2) is 0 Å². The fourth-order valence-corrected chi connectivity index (χ4v) is 2.38. The van der Waals surface area contributed by atoms with E-state index in [1.165, 1.54) is 29.8 Å². The number of hydrogen-bond acceptors (Lipinski definition) is 2. The molecule has 2 heteroatoms. The molecule has 0 atom stereocenters. The van der Waals surface area contributed by atoms with Crippen molar-refractivity contribution >= 4 is 0 Å². The van der Waals surface area contributed by atoms with Gasteiger partial charge in [-0.2, -0.15) is 0 Å². The minimum absolute atomic E-state index is 0.890. The summed E-state index contributed by atoms with van der Waals surface area (Å²) in [7, 11) is 0. The second-order valence-electron chi connectivity index (χ2n) is 4.62. The van der Waals surface area contributed by atoms with E-state index in [0.717, 1.165) is 25.0 Å². The Labute approximate surface area is 102 Å². The zero-order valence-corrected chi connectivity index (χ0v) is 9.89. The van der Waals surface area contributed by atoms with Crippen LogP contribution in [0.1, 0.15) is 35.5 Å². The molecule has 0 fully saturated rings. The van der Waals surface area contributed by atoms with E-state index in [1.54, 1.807) is 0 Å². The molecule has 0 aliphatic heterocycles. The van der Waals surface area contributed by atoms with Gasteiger partial charge in [-0.15, -0.1) is 0 Å². The molecular weight excluding hydrogens is 208 g/mol. The third-order valence-corrected chi connectivity index (χ3v) is 3.29. The maximum Gasteiger partial charge on any atom is 0.0634 e. The number of rotatable bonds is 2. The minimum atomic E-state index is 0.890. The van der Waals surface area contributed by atoms with Crippen molar-refractivity contribution in [1.29, 1.82) is 0 Å². The van der Waals surface area contributed by atoms with Crippen molar-refractivity contribution in [2.24, 2.45) is 0 Å². The van der Waals surface area contributed by atoms with Crippen molar-refractivity contribution in [3.63, 3.8) is 0 Å². The van der Waals surface area contributed by atoms with Crippen LogP contribution in [0.5, 0.6) is 0 Å². The van der Waals surface area contributed by atoms with Gasteiger partial charge in [0.25, 0.3) is 0 Å². The van der Waals surface area contributed by atoms with Crippen LogP contribution in [0.4, 0.5) is 0 Å². The highest BCUT2D eigenvalue weighted by atomic mass is 14.8. The zero-order valence-electron chi connectivity index (χ0n) is 9.89. The molecule has 1 aromatic carbocycles. The summed E-state index contributed by atoms with van der Waals surface area (Å²) >= 11 is 0. The zero-order chi connectivity index (χ0) is 11.5. The average molecular weight is 224 g/mol. The predicted molar refractivity (Wildman–Crippen MR) is 67.9 cm³/mol. The largest absolute Gasteiger partial charge is 0.257 e. The molecule has 0 radical (unpaired) electrons. The fraction of sp³-hybridized carbons (Fsp3) is 0.333. The van der Waals surface area contributed by atoms with E-state index in [2.05, 4.69) is 29.2 Å². The maximum absolute atomic E-state index is 4.75. The molecule has 0 spiro atoms. The summed E-state index contributed by atoms with van der Waals surface area (Å²) in [5.41, 5.74) is 4.84. The Morgan fingerprint density at radius 2 is 1.71 bits per heavy atom. The van der Waals surface area contributed by atoms with Gasteiger partial charge in [0.1, 0.15) is 0 Å². The lowest BCUT2D eigenvalue weighted by Gasteiger charge is -2.14. The van der Waals surface area contributed by atoms with E-state index in [9.17, 15) is 0 Å². The molecule has 0 amide bonds. The van der Waals surface area contributed by atoms with Crippen LogP contribution in [-0.2, 0) is 19.3 Å². The summed E-state index contributed by atoms with van der Waals surface area (Å²) in [6.45, 7) is 0. The molecule has 17 heavy (non-hydrogen) atoms. The highest BCUT2D eigenvalue weighted by Crippen LogP contribution is 2.18. The smallest absolute Gasteiger partial charge is 0.0634 e. The summed E-state index contributed by atoms with van der Waals surface area (Å²) in [6.07, 6.45) is 7.56. The number of fused-ring (bicyclic) bond motifs is 1. The first-order valence-electron chi connectivity index (χ1n) is 6.29. The monoisotopic (exact) mass is 224 g/mol. The van der Waals surface area contributed by atoms with Gasteiger partial charge in [-0.3, -0.25) is 9.97 Å². The van der Waals surface area contributed by atoms with Gasteiger partial charge < -0.3 is 0 Å². The summed E-state index contributed by atoms with van der Waals surface area (Å²) in [6, 6.07) is 10.5. The van der Waals surface area contributed by atoms with E-state index in [4.69, 9.17) is 4.98 Å². The number of hydrogen-bond donors (Lipinski definition) is 0. The molecule has 2 aromatic rings. The van der Waals surface area contributed by atoms with Crippen LogP contribution in [0.2, 0.25) is 0 Å². The van der Waals surface area contributed by atoms with Crippen molar-refractivity contribution in [2.75, 3.05) is 0 Å². The molecule has 3 rings (SSSR count). The molecule has 0 unspecified atom stereocenters. The van der Waals surface area contributed by atoms with Gasteiger partial charge >= 0.3 is 0 Å². The van der Waals surface area contributed by atoms with Crippen molar-refractivity contribution in [3.05, 3.63) is 59.2 Å². The van der Waals surface area contributed by atoms with E-state index in [1.807, 2.05) is 12.3 Å². The standard InChI is InChI=1S/C15H16N2/c1-2-6-12(7-3-1)10-13-11-16-14-8-4-5-9-15(14)17-13/h1-3,6-7,11H,4-5,8-10H2. The fourth-order valence-electron chi connectivity index (χ4n) is 2.38. The molecule has 86 valence electrons.